The van der Waals surface area contributed by atoms with Crippen LogP contribution in [-0.2, 0) is 11.3 Å². The van der Waals surface area contributed by atoms with Gasteiger partial charge in [-0.15, -0.1) is 0 Å². The quantitative estimate of drug-likeness (QED) is 0.700. The first kappa shape index (κ1) is 21.9. The van der Waals surface area contributed by atoms with Crippen LogP contribution in [0.25, 0.3) is 11.1 Å². The van der Waals surface area contributed by atoms with Gasteiger partial charge in [0.2, 0.25) is 0 Å². The minimum absolute atomic E-state index is 0.147. The van der Waals surface area contributed by atoms with Crippen LogP contribution in [0.2, 0.25) is 0 Å². The van der Waals surface area contributed by atoms with E-state index in [1.54, 1.807) is 0 Å². The molecule has 1 aromatic carbocycles. The van der Waals surface area contributed by atoms with E-state index in [1.807, 2.05) is 52.1 Å². The fraction of sp³-hybridized carbons (Fsp3) is 0.500. The highest BCUT2D eigenvalue weighted by Crippen LogP contribution is 2.39. The molecule has 1 aliphatic heterocycles. The molecule has 30 heavy (non-hydrogen) atoms. The highest BCUT2D eigenvalue weighted by Gasteiger charge is 2.22. The molecule has 0 saturated carbocycles. The van der Waals surface area contributed by atoms with Gasteiger partial charge in [0.15, 0.2) is 0 Å². The fourth-order valence-corrected chi connectivity index (χ4v) is 3.45. The number of aromatic nitrogens is 1. The second-order valence-corrected chi connectivity index (χ2v) is 9.21. The van der Waals surface area contributed by atoms with E-state index in [0.29, 0.717) is 24.9 Å². The van der Waals surface area contributed by atoms with Crippen molar-refractivity contribution in [3.05, 3.63) is 41.7 Å². The van der Waals surface area contributed by atoms with Crippen molar-refractivity contribution in [2.45, 2.75) is 66.2 Å². The molecule has 0 spiro atoms. The summed E-state index contributed by atoms with van der Waals surface area (Å²) in [7, 11) is 0. The Morgan fingerprint density at radius 1 is 1.23 bits per heavy atom. The molecule has 0 fully saturated rings. The Bertz CT molecular complexity index is 903. The molecule has 1 aliphatic rings. The van der Waals surface area contributed by atoms with E-state index in [-0.39, 0.29) is 6.04 Å². The Hall–Kier alpha value is -2.76. The number of ether oxygens (including phenoxy) is 3. The molecule has 1 N–H and O–H groups in total. The van der Waals surface area contributed by atoms with E-state index in [1.165, 1.54) is 0 Å². The topological polar surface area (TPSA) is 69.7 Å². The summed E-state index contributed by atoms with van der Waals surface area (Å²) in [6, 6.07) is 7.80. The van der Waals surface area contributed by atoms with Crippen LogP contribution in [0, 0.1) is 12.8 Å². The molecule has 0 saturated heterocycles. The normalized spacial score (nSPS) is 13.7. The third-order valence-corrected chi connectivity index (χ3v) is 4.68. The third-order valence-electron chi connectivity index (χ3n) is 4.68. The van der Waals surface area contributed by atoms with Crippen molar-refractivity contribution >= 4 is 6.09 Å². The smallest absolute Gasteiger partial charge is 0.407 e. The van der Waals surface area contributed by atoms with Crippen molar-refractivity contribution in [2.75, 3.05) is 6.61 Å². The van der Waals surface area contributed by atoms with E-state index in [9.17, 15) is 4.79 Å². The van der Waals surface area contributed by atoms with Crippen LogP contribution >= 0.6 is 0 Å². The Balaban J connectivity index is 1.68. The van der Waals surface area contributed by atoms with Gasteiger partial charge in [-0.25, -0.2) is 4.79 Å². The fourth-order valence-electron chi connectivity index (χ4n) is 3.45. The lowest BCUT2D eigenvalue weighted by Crippen LogP contribution is -2.42. The molecule has 2 heterocycles. The van der Waals surface area contributed by atoms with Crippen molar-refractivity contribution in [1.82, 2.24) is 10.3 Å². The highest BCUT2D eigenvalue weighted by molar-refractivity contribution is 5.75. The number of benzene rings is 1. The van der Waals surface area contributed by atoms with Gasteiger partial charge < -0.3 is 19.5 Å². The summed E-state index contributed by atoms with van der Waals surface area (Å²) in [6.45, 7) is 12.6. The average molecular weight is 413 g/mol. The van der Waals surface area contributed by atoms with Crippen molar-refractivity contribution in [3.8, 4) is 22.6 Å². The lowest BCUT2D eigenvalue weighted by Gasteiger charge is -2.25. The summed E-state index contributed by atoms with van der Waals surface area (Å²) in [5.41, 5.74) is 3.72. The summed E-state index contributed by atoms with van der Waals surface area (Å²) < 4.78 is 17.3. The van der Waals surface area contributed by atoms with Gasteiger partial charge in [0.1, 0.15) is 30.3 Å². The minimum Gasteiger partial charge on any atom is -0.491 e. The predicted molar refractivity (Wildman–Crippen MR) is 117 cm³/mol. The van der Waals surface area contributed by atoms with Gasteiger partial charge in [0.05, 0.1) is 6.04 Å². The molecule has 0 aliphatic carbocycles. The zero-order valence-electron chi connectivity index (χ0n) is 18.7. The van der Waals surface area contributed by atoms with Crippen LogP contribution in [-0.4, -0.2) is 29.3 Å². The molecule has 6 nitrogen and oxygen atoms in total. The van der Waals surface area contributed by atoms with Gasteiger partial charge in [0, 0.05) is 29.1 Å². The Kier molecular flexibility index (Phi) is 6.54. The molecular weight excluding hydrogens is 380 g/mol. The lowest BCUT2D eigenvalue weighted by atomic mass is 9.98. The largest absolute Gasteiger partial charge is 0.491 e. The van der Waals surface area contributed by atoms with Gasteiger partial charge in [-0.2, -0.15) is 0 Å². The third kappa shape index (κ3) is 5.88. The first-order valence-corrected chi connectivity index (χ1v) is 10.5. The predicted octanol–water partition coefficient (Wildman–Crippen LogP) is 5.27. The van der Waals surface area contributed by atoms with Gasteiger partial charge in [0.25, 0.3) is 0 Å². The second kappa shape index (κ2) is 8.94. The van der Waals surface area contributed by atoms with Crippen LogP contribution < -0.4 is 14.8 Å². The molecule has 2 aromatic rings. The van der Waals surface area contributed by atoms with Crippen LogP contribution in [0.1, 0.15) is 52.3 Å². The van der Waals surface area contributed by atoms with E-state index in [0.717, 1.165) is 34.6 Å². The first-order valence-electron chi connectivity index (χ1n) is 10.5. The first-order chi connectivity index (χ1) is 14.1. The van der Waals surface area contributed by atoms with E-state index < -0.39 is 11.7 Å². The van der Waals surface area contributed by atoms with Crippen molar-refractivity contribution in [2.24, 2.45) is 5.92 Å². The number of fused-ring (bicyclic) bond motifs is 3. The zero-order valence-corrected chi connectivity index (χ0v) is 18.7. The summed E-state index contributed by atoms with van der Waals surface area (Å²) >= 11 is 0. The number of nitrogens with one attached hydrogen (secondary N) is 1. The highest BCUT2D eigenvalue weighted by atomic mass is 16.6. The number of aryl methyl sites for hydroxylation is 1. The molecule has 1 atom stereocenters. The van der Waals surface area contributed by atoms with Crippen molar-refractivity contribution in [3.63, 3.8) is 0 Å². The maximum atomic E-state index is 12.2. The van der Waals surface area contributed by atoms with Gasteiger partial charge in [-0.1, -0.05) is 13.8 Å². The molecule has 3 rings (SSSR count). The summed E-state index contributed by atoms with van der Waals surface area (Å²) in [6.07, 6.45) is 2.24. The number of carbonyl (C=O) groups excluding carboxylic acids is 1. The lowest BCUT2D eigenvalue weighted by molar-refractivity contribution is 0.0480. The Morgan fingerprint density at radius 2 is 2.00 bits per heavy atom. The van der Waals surface area contributed by atoms with E-state index >= 15 is 0 Å². The maximum Gasteiger partial charge on any atom is 0.407 e. The molecular formula is C24H32N2O4. The number of nitrogens with zero attached hydrogens (tertiary/aromatic N) is 1. The van der Waals surface area contributed by atoms with Gasteiger partial charge in [-0.05, 0) is 63.8 Å². The Morgan fingerprint density at radius 3 is 2.70 bits per heavy atom. The van der Waals surface area contributed by atoms with E-state index in [2.05, 4.69) is 30.2 Å². The maximum absolute atomic E-state index is 12.2. The molecule has 1 aromatic heterocycles. The number of hydrogen-bond acceptors (Lipinski definition) is 5. The zero-order chi connectivity index (χ0) is 21.9. The molecule has 0 unspecified atom stereocenters. The second-order valence-electron chi connectivity index (χ2n) is 9.21. The summed E-state index contributed by atoms with van der Waals surface area (Å²) in [5, 5.41) is 2.93. The number of amides is 1. The van der Waals surface area contributed by atoms with Crippen LogP contribution in [0.5, 0.6) is 11.5 Å². The standard InChI is InChI=1S/C24H32N2O4/c1-15(2)9-18(26-23(27)30-24(4,5)6)14-28-19-7-8-20-21-10-16(3)25-12-17(21)13-29-22(20)11-19/h7-8,10-12,15,18H,9,13-14H2,1-6H3,(H,26,27)/t18-/m1/s1. The molecule has 0 bridgehead atoms. The van der Waals surface area contributed by atoms with Crippen LogP contribution in [0.15, 0.2) is 30.5 Å². The van der Waals surface area contributed by atoms with Gasteiger partial charge in [-0.3, -0.25) is 4.98 Å². The van der Waals surface area contributed by atoms with Crippen LogP contribution in [0.4, 0.5) is 4.79 Å². The van der Waals surface area contributed by atoms with Gasteiger partial charge >= 0.3 is 6.09 Å². The minimum atomic E-state index is -0.534. The molecule has 1 amide bonds. The summed E-state index contributed by atoms with van der Waals surface area (Å²) in [4.78, 5) is 16.5. The monoisotopic (exact) mass is 412 g/mol. The number of pyridine rings is 1. The number of hydrogen-bond donors (Lipinski definition) is 1. The molecule has 6 heteroatoms. The molecule has 0 radical (unpaired) electrons. The number of rotatable bonds is 6. The Labute approximate surface area is 178 Å². The average Bonchev–Trinajstić information content (AvgIpc) is 2.63. The number of carbonyl (C=O) groups is 1. The summed E-state index contributed by atoms with van der Waals surface area (Å²) in [5.74, 6) is 1.92. The SMILES string of the molecule is Cc1cc2c(cn1)COc1cc(OC[C@@H](CC(C)C)NC(=O)OC(C)(C)C)ccc1-2. The van der Waals surface area contributed by atoms with Crippen molar-refractivity contribution in [1.29, 1.82) is 0 Å². The van der Waals surface area contributed by atoms with E-state index in [4.69, 9.17) is 14.2 Å². The van der Waals surface area contributed by atoms with Crippen molar-refractivity contribution < 1.29 is 19.0 Å². The molecule has 162 valence electrons. The van der Waals surface area contributed by atoms with Crippen LogP contribution in [0.3, 0.4) is 0 Å². The number of alkyl carbamates (subject to hydrolysis) is 1.